The third kappa shape index (κ3) is 4.39. The minimum absolute atomic E-state index is 0.216. The van der Waals surface area contributed by atoms with Gasteiger partial charge < -0.3 is 19.5 Å². The minimum atomic E-state index is -0.216. The minimum Gasteiger partial charge on any atom is -0.437 e. The van der Waals surface area contributed by atoms with Crippen LogP contribution in [0.5, 0.6) is 0 Å². The first-order valence-corrected chi connectivity index (χ1v) is 10.3. The summed E-state index contributed by atoms with van der Waals surface area (Å²) in [6.45, 7) is 6.17. The van der Waals surface area contributed by atoms with Gasteiger partial charge in [0.05, 0.1) is 0 Å². The first kappa shape index (κ1) is 20.2. The van der Waals surface area contributed by atoms with E-state index in [1.807, 2.05) is 38.1 Å². The zero-order chi connectivity index (χ0) is 21.3. The first-order valence-electron chi connectivity index (χ1n) is 10.3. The molecule has 30 heavy (non-hydrogen) atoms. The standard InChI is InChI=1S/C24H28N4O2/c1-16-13-21-22(14-17(16)2)30-24(26-21)10-9-23(29)25-18-5-7-19(8-6-18)28-12-11-20(15-28)27(3)4/h5-10,13-14,20H,11-12,15H2,1-4H3,(H,25,29)/b10-9+. The van der Waals surface area contributed by atoms with E-state index in [4.69, 9.17) is 4.42 Å². The predicted molar refractivity (Wildman–Crippen MR) is 122 cm³/mol. The number of nitrogens with zero attached hydrogens (tertiary/aromatic N) is 3. The highest BCUT2D eigenvalue weighted by Gasteiger charge is 2.23. The number of likely N-dealkylation sites (N-methyl/N-ethyl adjacent to an activating group) is 1. The van der Waals surface area contributed by atoms with E-state index in [0.717, 1.165) is 35.4 Å². The van der Waals surface area contributed by atoms with Gasteiger partial charge >= 0.3 is 0 Å². The summed E-state index contributed by atoms with van der Waals surface area (Å²) < 4.78 is 5.72. The van der Waals surface area contributed by atoms with Crippen molar-refractivity contribution in [2.75, 3.05) is 37.4 Å². The fourth-order valence-corrected chi connectivity index (χ4v) is 3.75. The van der Waals surface area contributed by atoms with Gasteiger partial charge in [0.2, 0.25) is 11.8 Å². The van der Waals surface area contributed by atoms with Crippen molar-refractivity contribution in [1.29, 1.82) is 0 Å². The Balaban J connectivity index is 1.37. The Kier molecular flexibility index (Phi) is 5.59. The Labute approximate surface area is 177 Å². The number of fused-ring (bicyclic) bond motifs is 1. The van der Waals surface area contributed by atoms with E-state index in [1.54, 1.807) is 6.08 Å². The van der Waals surface area contributed by atoms with Crippen molar-refractivity contribution >= 4 is 34.5 Å². The molecule has 3 aromatic rings. The molecule has 0 aliphatic carbocycles. The van der Waals surface area contributed by atoms with Crippen molar-refractivity contribution in [2.45, 2.75) is 26.3 Å². The number of hydrogen-bond donors (Lipinski definition) is 1. The van der Waals surface area contributed by atoms with Crippen LogP contribution in [0, 0.1) is 13.8 Å². The molecular formula is C24H28N4O2. The highest BCUT2D eigenvalue weighted by Crippen LogP contribution is 2.24. The Bertz CT molecular complexity index is 1040. The number of nitrogens with one attached hydrogen (secondary N) is 1. The van der Waals surface area contributed by atoms with Crippen LogP contribution in [0.1, 0.15) is 23.4 Å². The van der Waals surface area contributed by atoms with E-state index in [2.05, 4.69) is 46.3 Å². The second kappa shape index (κ2) is 8.32. The van der Waals surface area contributed by atoms with Crippen LogP contribution in [0.4, 0.5) is 11.4 Å². The number of carbonyl (C=O) groups excluding carboxylic acids is 1. The van der Waals surface area contributed by atoms with Crippen LogP contribution in [0.2, 0.25) is 0 Å². The van der Waals surface area contributed by atoms with Gasteiger partial charge in [-0.15, -0.1) is 0 Å². The second-order valence-electron chi connectivity index (χ2n) is 8.18. The lowest BCUT2D eigenvalue weighted by molar-refractivity contribution is -0.111. The van der Waals surface area contributed by atoms with Crippen molar-refractivity contribution in [3.05, 3.63) is 59.5 Å². The largest absolute Gasteiger partial charge is 0.437 e. The first-order chi connectivity index (χ1) is 14.4. The normalized spacial score (nSPS) is 16.8. The Hall–Kier alpha value is -3.12. The molecule has 4 rings (SSSR count). The summed E-state index contributed by atoms with van der Waals surface area (Å²) in [6.07, 6.45) is 4.21. The summed E-state index contributed by atoms with van der Waals surface area (Å²) in [5.41, 5.74) is 5.80. The number of benzene rings is 2. The summed E-state index contributed by atoms with van der Waals surface area (Å²) in [6, 6.07) is 12.6. The van der Waals surface area contributed by atoms with Crippen LogP contribution in [-0.4, -0.2) is 49.0 Å². The maximum Gasteiger partial charge on any atom is 0.248 e. The van der Waals surface area contributed by atoms with Crippen LogP contribution < -0.4 is 10.2 Å². The third-order valence-electron chi connectivity index (χ3n) is 5.79. The number of hydrogen-bond acceptors (Lipinski definition) is 5. The molecule has 1 atom stereocenters. The Morgan fingerprint density at radius 1 is 1.20 bits per heavy atom. The van der Waals surface area contributed by atoms with Gasteiger partial charge in [0, 0.05) is 42.7 Å². The average Bonchev–Trinajstić information content (AvgIpc) is 3.35. The van der Waals surface area contributed by atoms with E-state index in [0.29, 0.717) is 11.9 Å². The number of aryl methyl sites for hydroxylation is 2. The number of anilines is 2. The number of oxazole rings is 1. The van der Waals surface area contributed by atoms with Crippen molar-refractivity contribution in [1.82, 2.24) is 9.88 Å². The van der Waals surface area contributed by atoms with Crippen molar-refractivity contribution in [2.24, 2.45) is 0 Å². The van der Waals surface area contributed by atoms with Crippen LogP contribution in [0.15, 0.2) is 46.9 Å². The van der Waals surface area contributed by atoms with Gasteiger partial charge in [-0.3, -0.25) is 4.79 Å². The zero-order valence-electron chi connectivity index (χ0n) is 18.0. The molecule has 156 valence electrons. The smallest absolute Gasteiger partial charge is 0.248 e. The van der Waals surface area contributed by atoms with Gasteiger partial charge in [0.15, 0.2) is 5.58 Å². The van der Waals surface area contributed by atoms with Crippen LogP contribution in [-0.2, 0) is 4.79 Å². The molecule has 1 aliphatic rings. The maximum atomic E-state index is 12.3. The molecule has 2 aromatic carbocycles. The van der Waals surface area contributed by atoms with Crippen LogP contribution in [0.3, 0.4) is 0 Å². The summed E-state index contributed by atoms with van der Waals surface area (Å²) in [4.78, 5) is 21.4. The lowest BCUT2D eigenvalue weighted by Gasteiger charge is -2.22. The van der Waals surface area contributed by atoms with Crippen molar-refractivity contribution < 1.29 is 9.21 Å². The molecule has 0 spiro atoms. The fourth-order valence-electron chi connectivity index (χ4n) is 3.75. The van der Waals surface area contributed by atoms with Crippen LogP contribution >= 0.6 is 0 Å². The SMILES string of the molecule is Cc1cc2nc(/C=C/C(=O)Nc3ccc(N4CCC(N(C)C)C4)cc3)oc2cc1C. The van der Waals surface area contributed by atoms with Gasteiger partial charge in [-0.25, -0.2) is 4.98 Å². The van der Waals surface area contributed by atoms with E-state index in [9.17, 15) is 4.79 Å². The van der Waals surface area contributed by atoms with Gasteiger partial charge in [0.25, 0.3) is 0 Å². The molecule has 1 unspecified atom stereocenters. The van der Waals surface area contributed by atoms with E-state index in [1.165, 1.54) is 23.7 Å². The summed E-state index contributed by atoms with van der Waals surface area (Å²) >= 11 is 0. The highest BCUT2D eigenvalue weighted by atomic mass is 16.3. The molecule has 6 heteroatoms. The molecule has 1 amide bonds. The average molecular weight is 405 g/mol. The lowest BCUT2D eigenvalue weighted by atomic mass is 10.1. The molecule has 1 saturated heterocycles. The molecule has 1 aliphatic heterocycles. The van der Waals surface area contributed by atoms with E-state index in [-0.39, 0.29) is 5.91 Å². The molecule has 1 aromatic heterocycles. The van der Waals surface area contributed by atoms with Crippen molar-refractivity contribution in [3.63, 3.8) is 0 Å². The second-order valence-corrected chi connectivity index (χ2v) is 8.18. The molecule has 0 saturated carbocycles. The molecule has 6 nitrogen and oxygen atoms in total. The molecule has 0 bridgehead atoms. The molecule has 1 fully saturated rings. The fraction of sp³-hybridized carbons (Fsp3) is 0.333. The molecule has 0 radical (unpaired) electrons. The quantitative estimate of drug-likeness (QED) is 0.645. The molecule has 1 N–H and O–H groups in total. The van der Waals surface area contributed by atoms with E-state index >= 15 is 0 Å². The van der Waals surface area contributed by atoms with Gasteiger partial charge in [-0.2, -0.15) is 0 Å². The highest BCUT2D eigenvalue weighted by molar-refractivity contribution is 6.01. The summed E-state index contributed by atoms with van der Waals surface area (Å²) in [5, 5.41) is 2.89. The Morgan fingerprint density at radius 2 is 1.93 bits per heavy atom. The van der Waals surface area contributed by atoms with E-state index < -0.39 is 0 Å². The number of carbonyl (C=O) groups is 1. The molecule has 2 heterocycles. The summed E-state index contributed by atoms with van der Waals surface area (Å²) in [5.74, 6) is 0.205. The lowest BCUT2D eigenvalue weighted by Crippen LogP contribution is -2.31. The van der Waals surface area contributed by atoms with Gasteiger partial charge in [0.1, 0.15) is 5.52 Å². The number of rotatable bonds is 5. The Morgan fingerprint density at radius 3 is 2.63 bits per heavy atom. The number of amides is 1. The monoisotopic (exact) mass is 404 g/mol. The van der Waals surface area contributed by atoms with Crippen LogP contribution in [0.25, 0.3) is 17.2 Å². The zero-order valence-corrected chi connectivity index (χ0v) is 18.0. The maximum absolute atomic E-state index is 12.3. The molecular weight excluding hydrogens is 376 g/mol. The van der Waals surface area contributed by atoms with Crippen molar-refractivity contribution in [3.8, 4) is 0 Å². The number of aromatic nitrogens is 1. The summed E-state index contributed by atoms with van der Waals surface area (Å²) in [7, 11) is 4.26. The third-order valence-corrected chi connectivity index (χ3v) is 5.79. The topological polar surface area (TPSA) is 61.6 Å². The van der Waals surface area contributed by atoms with Gasteiger partial charge in [-0.05, 0) is 81.9 Å². The van der Waals surface area contributed by atoms with Gasteiger partial charge in [-0.1, -0.05) is 0 Å². The predicted octanol–water partition coefficient (Wildman–Crippen LogP) is 4.24.